The smallest absolute Gasteiger partial charge is 0.142 e. The van der Waals surface area contributed by atoms with Crippen LogP contribution in [0.2, 0.25) is 5.02 Å². The molecule has 1 aromatic heterocycles. The van der Waals surface area contributed by atoms with Crippen LogP contribution in [0.3, 0.4) is 0 Å². The second-order valence-corrected chi connectivity index (χ2v) is 9.32. The van der Waals surface area contributed by atoms with E-state index >= 15 is 0 Å². The van der Waals surface area contributed by atoms with Crippen molar-refractivity contribution in [3.63, 3.8) is 0 Å². The molecule has 0 spiro atoms. The molecule has 0 unspecified atom stereocenters. The summed E-state index contributed by atoms with van der Waals surface area (Å²) in [6, 6.07) is 25.8. The van der Waals surface area contributed by atoms with Crippen LogP contribution in [0.1, 0.15) is 22.3 Å². The van der Waals surface area contributed by atoms with Gasteiger partial charge < -0.3 is 19.9 Å². The van der Waals surface area contributed by atoms with E-state index in [1.54, 1.807) is 0 Å². The minimum absolute atomic E-state index is 0.0399. The Hall–Kier alpha value is -3.91. The van der Waals surface area contributed by atoms with Crippen LogP contribution < -0.4 is 14.8 Å². The molecule has 4 aromatic carbocycles. The fourth-order valence-corrected chi connectivity index (χ4v) is 4.51. The zero-order chi connectivity index (χ0) is 26.3. The molecule has 7 nitrogen and oxygen atoms in total. The van der Waals surface area contributed by atoms with Crippen LogP contribution in [0, 0.1) is 6.92 Å². The van der Waals surface area contributed by atoms with Crippen LogP contribution >= 0.6 is 11.6 Å². The first-order chi connectivity index (χ1) is 18.6. The van der Waals surface area contributed by atoms with Crippen LogP contribution in [0.4, 0.5) is 0 Å². The lowest BCUT2D eigenvalue weighted by Gasteiger charge is -2.17. The highest BCUT2D eigenvalue weighted by molar-refractivity contribution is 6.32. The van der Waals surface area contributed by atoms with Gasteiger partial charge in [0.05, 0.1) is 11.6 Å². The Balaban J connectivity index is 1.36. The normalized spacial score (nSPS) is 11.1. The monoisotopic (exact) mass is 529 g/mol. The number of nitrogens with one attached hydrogen (secondary N) is 1. The molecule has 0 saturated carbocycles. The zero-order valence-corrected chi connectivity index (χ0v) is 21.7. The van der Waals surface area contributed by atoms with E-state index in [4.69, 9.17) is 30.8 Å². The van der Waals surface area contributed by atoms with Gasteiger partial charge in [0.15, 0.2) is 0 Å². The molecule has 194 valence electrons. The van der Waals surface area contributed by atoms with E-state index in [1.165, 1.54) is 11.1 Å². The Morgan fingerprint density at radius 2 is 1.66 bits per heavy atom. The van der Waals surface area contributed by atoms with Crippen molar-refractivity contribution >= 4 is 22.6 Å². The van der Waals surface area contributed by atoms with Gasteiger partial charge in [-0.05, 0) is 63.3 Å². The average molecular weight is 530 g/mol. The molecule has 0 atom stereocenters. The number of nitrogens with zero attached hydrogens (tertiary/aromatic N) is 2. The van der Waals surface area contributed by atoms with E-state index in [9.17, 15) is 0 Å². The lowest BCUT2D eigenvalue weighted by molar-refractivity contribution is 0.282. The molecule has 5 rings (SSSR count). The maximum Gasteiger partial charge on any atom is 0.142 e. The molecule has 0 aliphatic rings. The van der Waals surface area contributed by atoms with Gasteiger partial charge in [0.2, 0.25) is 0 Å². The number of aliphatic hydroxyl groups excluding tert-OH is 1. The molecule has 0 fully saturated rings. The summed E-state index contributed by atoms with van der Waals surface area (Å²) in [7, 11) is 0. The number of aliphatic hydroxyl groups is 1. The van der Waals surface area contributed by atoms with Crippen molar-refractivity contribution in [1.82, 2.24) is 15.6 Å². The Morgan fingerprint density at radius 1 is 0.842 bits per heavy atom. The highest BCUT2D eigenvalue weighted by Crippen LogP contribution is 2.35. The van der Waals surface area contributed by atoms with Crippen LogP contribution in [0.5, 0.6) is 11.5 Å². The van der Waals surface area contributed by atoms with E-state index < -0.39 is 0 Å². The first-order valence-electron chi connectivity index (χ1n) is 12.4. The third-order valence-electron chi connectivity index (χ3n) is 6.35. The first kappa shape index (κ1) is 25.7. The largest absolute Gasteiger partial charge is 0.488 e. The lowest BCUT2D eigenvalue weighted by Crippen LogP contribution is -2.18. The molecule has 0 saturated heterocycles. The Bertz CT molecular complexity index is 1520. The van der Waals surface area contributed by atoms with E-state index in [0.29, 0.717) is 53.9 Å². The van der Waals surface area contributed by atoms with Gasteiger partial charge in [-0.15, -0.1) is 0 Å². The number of hydrogen-bond acceptors (Lipinski definition) is 7. The zero-order valence-electron chi connectivity index (χ0n) is 21.0. The molecule has 0 amide bonds. The Kier molecular flexibility index (Phi) is 8.19. The summed E-state index contributed by atoms with van der Waals surface area (Å²) >= 11 is 6.63. The van der Waals surface area contributed by atoms with Gasteiger partial charge >= 0.3 is 0 Å². The highest BCUT2D eigenvalue weighted by atomic mass is 35.5. The summed E-state index contributed by atoms with van der Waals surface area (Å²) in [5.74, 6) is 1.18. The summed E-state index contributed by atoms with van der Waals surface area (Å²) in [6.45, 7) is 3.77. The summed E-state index contributed by atoms with van der Waals surface area (Å²) in [6.07, 6.45) is 0. The maximum absolute atomic E-state index is 9.17. The quantitative estimate of drug-likeness (QED) is 0.200. The van der Waals surface area contributed by atoms with Crippen molar-refractivity contribution in [1.29, 1.82) is 0 Å². The molecule has 0 radical (unpaired) electrons. The Morgan fingerprint density at radius 3 is 2.50 bits per heavy atom. The minimum Gasteiger partial charge on any atom is -0.488 e. The van der Waals surface area contributed by atoms with Crippen LogP contribution in [-0.4, -0.2) is 28.6 Å². The van der Waals surface area contributed by atoms with E-state index in [1.807, 2.05) is 54.6 Å². The second kappa shape index (κ2) is 12.1. The van der Waals surface area contributed by atoms with Gasteiger partial charge in [0.25, 0.3) is 0 Å². The number of rotatable bonds is 11. The highest BCUT2D eigenvalue weighted by Gasteiger charge is 2.14. The summed E-state index contributed by atoms with van der Waals surface area (Å²) in [5, 5.41) is 20.6. The molecule has 1 heterocycles. The molecule has 0 bridgehead atoms. The molecular formula is C30H28ClN3O4. The topological polar surface area (TPSA) is 89.6 Å². The van der Waals surface area contributed by atoms with Gasteiger partial charge in [-0.3, -0.25) is 0 Å². The third kappa shape index (κ3) is 5.97. The number of ether oxygens (including phenoxy) is 2. The van der Waals surface area contributed by atoms with Gasteiger partial charge in [-0.25, -0.2) is 4.63 Å². The number of fused-ring (bicyclic) bond motifs is 1. The molecule has 0 aliphatic heterocycles. The van der Waals surface area contributed by atoms with Crippen LogP contribution in [-0.2, 0) is 19.8 Å². The molecule has 5 aromatic rings. The van der Waals surface area contributed by atoms with Crippen molar-refractivity contribution in [2.75, 3.05) is 13.2 Å². The SMILES string of the molecule is Cc1c(COc2cc(OCc3ccc4nonc4c3)c(CNCCO)cc2Cl)cccc1-c1ccccc1. The van der Waals surface area contributed by atoms with E-state index in [0.717, 1.165) is 22.3 Å². The third-order valence-corrected chi connectivity index (χ3v) is 6.64. The standard InChI is InChI=1S/C30H28ClN3O4/c1-20-23(8-5-9-25(20)22-6-3-2-4-7-22)19-37-30-16-29(24(15-26(30)31)17-32-12-13-35)36-18-21-10-11-27-28(14-21)34-38-33-27/h2-11,14-16,32,35H,12-13,17-19H2,1H3. The molecule has 38 heavy (non-hydrogen) atoms. The Labute approximate surface area is 225 Å². The van der Waals surface area contributed by atoms with E-state index in [-0.39, 0.29) is 6.61 Å². The number of aromatic nitrogens is 2. The number of halogens is 1. The van der Waals surface area contributed by atoms with Crippen LogP contribution in [0.15, 0.2) is 83.5 Å². The summed E-state index contributed by atoms with van der Waals surface area (Å²) < 4.78 is 17.2. The first-order valence-corrected chi connectivity index (χ1v) is 12.7. The van der Waals surface area contributed by atoms with Crippen molar-refractivity contribution in [2.45, 2.75) is 26.7 Å². The van der Waals surface area contributed by atoms with Crippen molar-refractivity contribution in [3.8, 4) is 22.6 Å². The van der Waals surface area contributed by atoms with Crippen molar-refractivity contribution in [2.24, 2.45) is 0 Å². The average Bonchev–Trinajstić information content (AvgIpc) is 3.41. The molecule has 2 N–H and O–H groups in total. The molecule has 0 aliphatic carbocycles. The molecule has 8 heteroatoms. The second-order valence-electron chi connectivity index (χ2n) is 8.91. The maximum atomic E-state index is 9.17. The van der Waals surface area contributed by atoms with Gasteiger partial charge in [0.1, 0.15) is 35.7 Å². The summed E-state index contributed by atoms with van der Waals surface area (Å²) in [5.41, 5.74) is 7.73. The van der Waals surface area contributed by atoms with Gasteiger partial charge in [0, 0.05) is 24.7 Å². The predicted octanol–water partition coefficient (Wildman–Crippen LogP) is 6.09. The van der Waals surface area contributed by atoms with Crippen molar-refractivity contribution in [3.05, 3.63) is 106 Å². The summed E-state index contributed by atoms with van der Waals surface area (Å²) in [4.78, 5) is 0. The fraction of sp³-hybridized carbons (Fsp3) is 0.200. The molecular weight excluding hydrogens is 502 g/mol. The van der Waals surface area contributed by atoms with Gasteiger partial charge in [-0.1, -0.05) is 66.2 Å². The predicted molar refractivity (Wildman–Crippen MR) is 147 cm³/mol. The lowest BCUT2D eigenvalue weighted by atomic mass is 9.97. The van der Waals surface area contributed by atoms with Crippen LogP contribution in [0.25, 0.3) is 22.2 Å². The van der Waals surface area contributed by atoms with Gasteiger partial charge in [-0.2, -0.15) is 0 Å². The number of hydrogen-bond donors (Lipinski definition) is 2. The van der Waals surface area contributed by atoms with Crippen molar-refractivity contribution < 1.29 is 19.2 Å². The fourth-order valence-electron chi connectivity index (χ4n) is 4.27. The number of benzene rings is 4. The minimum atomic E-state index is 0.0399. The van der Waals surface area contributed by atoms with E-state index in [2.05, 4.69) is 46.8 Å².